The third-order valence-electron chi connectivity index (χ3n) is 6.31. The van der Waals surface area contributed by atoms with E-state index >= 15 is 0 Å². The maximum absolute atomic E-state index is 4.97. The maximum Gasteiger partial charge on any atom is 0.191 e. The first kappa shape index (κ1) is 22.1. The van der Waals surface area contributed by atoms with Gasteiger partial charge in [-0.1, -0.05) is 30.3 Å². The van der Waals surface area contributed by atoms with Gasteiger partial charge in [0.15, 0.2) is 5.96 Å². The van der Waals surface area contributed by atoms with Crippen LogP contribution in [0.3, 0.4) is 0 Å². The molecule has 5 nitrogen and oxygen atoms in total. The van der Waals surface area contributed by atoms with Crippen LogP contribution in [0.25, 0.3) is 0 Å². The van der Waals surface area contributed by atoms with Crippen molar-refractivity contribution in [1.29, 1.82) is 0 Å². The molecule has 0 aliphatic carbocycles. The van der Waals surface area contributed by atoms with Crippen molar-refractivity contribution >= 4 is 5.96 Å². The first-order valence-electron chi connectivity index (χ1n) is 11.7. The van der Waals surface area contributed by atoms with Crippen molar-refractivity contribution in [3.63, 3.8) is 0 Å². The van der Waals surface area contributed by atoms with Gasteiger partial charge in [-0.2, -0.15) is 0 Å². The molecular formula is C24H41N5. The highest BCUT2D eigenvalue weighted by Crippen LogP contribution is 2.19. The van der Waals surface area contributed by atoms with Crippen LogP contribution in [0, 0.1) is 5.92 Å². The minimum absolute atomic E-state index is 0.526. The lowest BCUT2D eigenvalue weighted by atomic mass is 9.97. The molecule has 0 radical (unpaired) electrons. The van der Waals surface area contributed by atoms with Crippen molar-refractivity contribution in [3.8, 4) is 0 Å². The standard InChI is InChI=1S/C24H41N5/c1-4-25-24(26-17-22-11-8-14-29(19-22)20(2)3)27-23-12-15-28(16-13-23)18-21-9-6-5-7-10-21/h5-7,9-10,20,22-23H,4,8,11-19H2,1-3H3,(H2,25,26,27). The van der Waals surface area contributed by atoms with E-state index in [9.17, 15) is 0 Å². The molecule has 1 aromatic carbocycles. The summed E-state index contributed by atoms with van der Waals surface area (Å²) in [6.45, 7) is 14.4. The number of nitrogens with one attached hydrogen (secondary N) is 2. The number of benzene rings is 1. The Morgan fingerprint density at radius 3 is 2.55 bits per heavy atom. The fraction of sp³-hybridized carbons (Fsp3) is 0.708. The molecule has 2 N–H and O–H groups in total. The van der Waals surface area contributed by atoms with E-state index in [-0.39, 0.29) is 0 Å². The van der Waals surface area contributed by atoms with Gasteiger partial charge in [0, 0.05) is 51.4 Å². The highest BCUT2D eigenvalue weighted by Gasteiger charge is 2.23. The van der Waals surface area contributed by atoms with Gasteiger partial charge in [0.2, 0.25) is 0 Å². The van der Waals surface area contributed by atoms with Crippen molar-refractivity contribution in [2.24, 2.45) is 10.9 Å². The summed E-state index contributed by atoms with van der Waals surface area (Å²) in [5.74, 6) is 1.70. The third kappa shape index (κ3) is 7.31. The number of likely N-dealkylation sites (tertiary alicyclic amines) is 2. The highest BCUT2D eigenvalue weighted by molar-refractivity contribution is 5.80. The van der Waals surface area contributed by atoms with Gasteiger partial charge >= 0.3 is 0 Å². The molecule has 162 valence electrons. The van der Waals surface area contributed by atoms with E-state index in [0.717, 1.165) is 38.7 Å². The predicted octanol–water partition coefficient (Wildman–Crippen LogP) is 3.33. The normalized spacial score (nSPS) is 22.8. The topological polar surface area (TPSA) is 42.9 Å². The van der Waals surface area contributed by atoms with E-state index in [1.165, 1.54) is 44.3 Å². The van der Waals surface area contributed by atoms with Crippen LogP contribution < -0.4 is 10.6 Å². The molecule has 1 atom stereocenters. The van der Waals surface area contributed by atoms with E-state index in [0.29, 0.717) is 18.0 Å². The Hall–Kier alpha value is -1.59. The minimum atomic E-state index is 0.526. The number of hydrogen-bond donors (Lipinski definition) is 2. The van der Waals surface area contributed by atoms with Gasteiger partial charge in [-0.3, -0.25) is 9.89 Å². The summed E-state index contributed by atoms with van der Waals surface area (Å²) in [4.78, 5) is 10.1. The zero-order chi connectivity index (χ0) is 20.5. The Morgan fingerprint density at radius 2 is 1.86 bits per heavy atom. The first-order chi connectivity index (χ1) is 14.1. The lowest BCUT2D eigenvalue weighted by Gasteiger charge is -2.35. The molecule has 0 amide bonds. The quantitative estimate of drug-likeness (QED) is 0.545. The average molecular weight is 400 g/mol. The number of aliphatic imine (C=N–C) groups is 1. The molecule has 0 bridgehead atoms. The Balaban J connectivity index is 1.45. The second-order valence-corrected chi connectivity index (χ2v) is 9.00. The second kappa shape index (κ2) is 11.6. The number of guanidine groups is 1. The predicted molar refractivity (Wildman–Crippen MR) is 123 cm³/mol. The molecule has 5 heteroatoms. The molecule has 29 heavy (non-hydrogen) atoms. The van der Waals surface area contributed by atoms with Crippen LogP contribution in [-0.2, 0) is 6.54 Å². The summed E-state index contributed by atoms with van der Waals surface area (Å²) in [5.41, 5.74) is 1.41. The molecular weight excluding hydrogens is 358 g/mol. The highest BCUT2D eigenvalue weighted by atomic mass is 15.2. The van der Waals surface area contributed by atoms with Crippen molar-refractivity contribution in [1.82, 2.24) is 20.4 Å². The van der Waals surface area contributed by atoms with Crippen molar-refractivity contribution < 1.29 is 0 Å². The van der Waals surface area contributed by atoms with Crippen molar-refractivity contribution in [3.05, 3.63) is 35.9 Å². The number of rotatable bonds is 7. The zero-order valence-electron chi connectivity index (χ0n) is 18.7. The van der Waals surface area contributed by atoms with Gasteiger partial charge in [-0.05, 0) is 64.5 Å². The average Bonchev–Trinajstić information content (AvgIpc) is 2.74. The Kier molecular flexibility index (Phi) is 8.81. The largest absolute Gasteiger partial charge is 0.357 e. The van der Waals surface area contributed by atoms with Gasteiger partial charge in [0.05, 0.1) is 0 Å². The van der Waals surface area contributed by atoms with Gasteiger partial charge < -0.3 is 15.5 Å². The Morgan fingerprint density at radius 1 is 1.10 bits per heavy atom. The minimum Gasteiger partial charge on any atom is -0.357 e. The summed E-state index contributed by atoms with van der Waals surface area (Å²) >= 11 is 0. The van der Waals surface area contributed by atoms with Crippen molar-refractivity contribution in [2.45, 2.75) is 65.1 Å². The van der Waals surface area contributed by atoms with Gasteiger partial charge in [0.1, 0.15) is 0 Å². The summed E-state index contributed by atoms with van der Waals surface area (Å²) in [6.07, 6.45) is 4.98. The number of nitrogens with zero attached hydrogens (tertiary/aromatic N) is 3. The van der Waals surface area contributed by atoms with Gasteiger partial charge in [-0.25, -0.2) is 0 Å². The summed E-state index contributed by atoms with van der Waals surface area (Å²) in [7, 11) is 0. The Labute approximate surface area is 178 Å². The van der Waals surface area contributed by atoms with E-state index in [2.05, 4.69) is 71.5 Å². The third-order valence-corrected chi connectivity index (χ3v) is 6.31. The smallest absolute Gasteiger partial charge is 0.191 e. The van der Waals surface area contributed by atoms with Gasteiger partial charge in [-0.15, -0.1) is 0 Å². The molecule has 1 aromatic rings. The number of piperidine rings is 2. The summed E-state index contributed by atoms with van der Waals surface area (Å²) in [5, 5.41) is 7.18. The van der Waals surface area contributed by atoms with E-state index in [4.69, 9.17) is 4.99 Å². The molecule has 1 unspecified atom stereocenters. The molecule has 3 rings (SSSR count). The maximum atomic E-state index is 4.97. The van der Waals surface area contributed by atoms with E-state index in [1.807, 2.05) is 0 Å². The molecule has 2 aliphatic rings. The fourth-order valence-electron chi connectivity index (χ4n) is 4.53. The molecule has 2 heterocycles. The zero-order valence-corrected chi connectivity index (χ0v) is 18.7. The number of hydrogen-bond acceptors (Lipinski definition) is 3. The van der Waals surface area contributed by atoms with Crippen LogP contribution in [0.4, 0.5) is 0 Å². The lowest BCUT2D eigenvalue weighted by molar-refractivity contribution is 0.143. The fourth-order valence-corrected chi connectivity index (χ4v) is 4.53. The lowest BCUT2D eigenvalue weighted by Crippen LogP contribution is -2.49. The first-order valence-corrected chi connectivity index (χ1v) is 11.7. The van der Waals surface area contributed by atoms with Crippen molar-refractivity contribution in [2.75, 3.05) is 39.3 Å². The van der Waals surface area contributed by atoms with Crippen LogP contribution in [0.2, 0.25) is 0 Å². The molecule has 0 aromatic heterocycles. The molecule has 0 spiro atoms. The SMILES string of the molecule is CCNC(=NCC1CCCN(C(C)C)C1)NC1CCN(Cc2ccccc2)CC1. The van der Waals surface area contributed by atoms with E-state index in [1.54, 1.807) is 0 Å². The van der Waals surface area contributed by atoms with E-state index < -0.39 is 0 Å². The van der Waals surface area contributed by atoms with Gasteiger partial charge in [0.25, 0.3) is 0 Å². The summed E-state index contributed by atoms with van der Waals surface area (Å²) < 4.78 is 0. The van der Waals surface area contributed by atoms with Crippen LogP contribution >= 0.6 is 0 Å². The molecule has 2 saturated heterocycles. The molecule has 2 fully saturated rings. The Bertz CT molecular complexity index is 607. The van der Waals surface area contributed by atoms with Crippen LogP contribution in [-0.4, -0.2) is 67.1 Å². The van der Waals surface area contributed by atoms with Crippen LogP contribution in [0.5, 0.6) is 0 Å². The summed E-state index contributed by atoms with van der Waals surface area (Å²) in [6, 6.07) is 12.0. The molecule has 2 aliphatic heterocycles. The van der Waals surface area contributed by atoms with Crippen LogP contribution in [0.15, 0.2) is 35.3 Å². The monoisotopic (exact) mass is 399 g/mol. The second-order valence-electron chi connectivity index (χ2n) is 9.00. The molecule has 0 saturated carbocycles. The van der Waals surface area contributed by atoms with Crippen LogP contribution in [0.1, 0.15) is 52.0 Å².